The lowest BCUT2D eigenvalue weighted by Gasteiger charge is -2.14. The molecule has 1 aromatic carbocycles. The fourth-order valence-electron chi connectivity index (χ4n) is 1.58. The Balaban J connectivity index is 1.98. The molecule has 2 rings (SSSR count). The largest absolute Gasteiger partial charge is 0.282 e. The first-order valence-corrected chi connectivity index (χ1v) is 5.80. The van der Waals surface area contributed by atoms with E-state index >= 15 is 0 Å². The van der Waals surface area contributed by atoms with Crippen LogP contribution < -0.4 is 0 Å². The summed E-state index contributed by atoms with van der Waals surface area (Å²) in [5.74, 6) is 0. The van der Waals surface area contributed by atoms with E-state index < -0.39 is 0 Å². The predicted octanol–water partition coefficient (Wildman–Crippen LogP) is 3.15. The number of rotatable bonds is 2. The highest BCUT2D eigenvalue weighted by Gasteiger charge is 2.27. The van der Waals surface area contributed by atoms with E-state index in [1.54, 1.807) is 0 Å². The van der Waals surface area contributed by atoms with E-state index in [0.717, 1.165) is 6.42 Å². The van der Waals surface area contributed by atoms with Crippen molar-refractivity contribution in [1.82, 2.24) is 0 Å². The van der Waals surface area contributed by atoms with Gasteiger partial charge in [-0.25, -0.2) is 0 Å². The zero-order chi connectivity index (χ0) is 10.0. The van der Waals surface area contributed by atoms with E-state index in [1.165, 1.54) is 5.56 Å². The van der Waals surface area contributed by atoms with Gasteiger partial charge in [0.2, 0.25) is 0 Å². The molecule has 0 saturated carbocycles. The Bertz CT molecular complexity index is 329. The summed E-state index contributed by atoms with van der Waals surface area (Å²) in [5, 5.41) is 0.410. The third-order valence-corrected chi connectivity index (χ3v) is 3.52. The molecule has 1 heterocycles. The smallest absolute Gasteiger partial charge is 0.0997 e. The van der Waals surface area contributed by atoms with E-state index in [4.69, 9.17) is 0 Å². The molecule has 0 fully saturated rings. The fourth-order valence-corrected chi connectivity index (χ4v) is 2.80. The summed E-state index contributed by atoms with van der Waals surface area (Å²) < 4.78 is 0.222. The third-order valence-electron chi connectivity index (χ3n) is 2.24. The second-order valence-electron chi connectivity index (χ2n) is 4.14. The standard InChI is InChI=1S/C12H15NS/c1-12(2)9-13-11(14-12)8-10-6-4-3-5-7-10/h3-7,9,11H,8H2,1-2H3. The van der Waals surface area contributed by atoms with Crippen molar-refractivity contribution < 1.29 is 0 Å². The van der Waals surface area contributed by atoms with Crippen LogP contribution in [0.2, 0.25) is 0 Å². The Kier molecular flexibility index (Phi) is 2.64. The quantitative estimate of drug-likeness (QED) is 0.722. The van der Waals surface area contributed by atoms with Gasteiger partial charge in [-0.2, -0.15) is 0 Å². The molecule has 14 heavy (non-hydrogen) atoms. The third kappa shape index (κ3) is 2.38. The van der Waals surface area contributed by atoms with Gasteiger partial charge in [-0.15, -0.1) is 11.8 Å². The highest BCUT2D eigenvalue weighted by molar-refractivity contribution is 8.02. The molecule has 0 spiro atoms. The molecule has 1 aliphatic heterocycles. The minimum atomic E-state index is 0.222. The van der Waals surface area contributed by atoms with Gasteiger partial charge in [0.25, 0.3) is 0 Å². The number of thioether (sulfide) groups is 1. The van der Waals surface area contributed by atoms with Crippen molar-refractivity contribution in [3.63, 3.8) is 0 Å². The summed E-state index contributed by atoms with van der Waals surface area (Å²) >= 11 is 1.94. The normalized spacial score (nSPS) is 24.0. The zero-order valence-electron chi connectivity index (χ0n) is 8.60. The molecule has 1 aromatic rings. The number of aliphatic imine (C=N–C) groups is 1. The van der Waals surface area contributed by atoms with Crippen LogP contribution in [0.5, 0.6) is 0 Å². The topological polar surface area (TPSA) is 12.4 Å². The molecule has 0 saturated heterocycles. The Morgan fingerprint density at radius 1 is 1.29 bits per heavy atom. The van der Waals surface area contributed by atoms with Crippen LogP contribution in [-0.2, 0) is 6.42 Å². The first kappa shape index (κ1) is 9.78. The second-order valence-corrected chi connectivity index (χ2v) is 5.98. The van der Waals surface area contributed by atoms with Crippen LogP contribution in [0.3, 0.4) is 0 Å². The average Bonchev–Trinajstić information content (AvgIpc) is 2.47. The molecule has 1 nitrogen and oxygen atoms in total. The van der Waals surface area contributed by atoms with Crippen LogP contribution >= 0.6 is 11.8 Å². The second kappa shape index (κ2) is 3.77. The summed E-state index contributed by atoms with van der Waals surface area (Å²) in [6.45, 7) is 4.43. The van der Waals surface area contributed by atoms with E-state index in [-0.39, 0.29) is 4.75 Å². The zero-order valence-corrected chi connectivity index (χ0v) is 9.42. The Hall–Kier alpha value is -0.760. The number of nitrogens with zero attached hydrogens (tertiary/aromatic N) is 1. The Labute approximate surface area is 89.6 Å². The lowest BCUT2D eigenvalue weighted by molar-refractivity contribution is 0.916. The maximum absolute atomic E-state index is 4.52. The summed E-state index contributed by atoms with van der Waals surface area (Å²) in [6, 6.07) is 10.6. The molecule has 0 aliphatic carbocycles. The molecule has 1 unspecified atom stereocenters. The van der Waals surface area contributed by atoms with Gasteiger partial charge in [0.05, 0.1) is 5.37 Å². The molecule has 74 valence electrons. The fraction of sp³-hybridized carbons (Fsp3) is 0.417. The van der Waals surface area contributed by atoms with E-state index in [1.807, 2.05) is 11.8 Å². The molecule has 0 N–H and O–H groups in total. The summed E-state index contributed by atoms with van der Waals surface area (Å²) in [4.78, 5) is 4.52. The van der Waals surface area contributed by atoms with Crippen molar-refractivity contribution in [3.8, 4) is 0 Å². The SMILES string of the molecule is CC1(C)C=NC(Cc2ccccc2)S1. The Morgan fingerprint density at radius 3 is 2.57 bits per heavy atom. The van der Waals surface area contributed by atoms with Crippen LogP contribution in [0.25, 0.3) is 0 Å². The van der Waals surface area contributed by atoms with Gasteiger partial charge in [-0.3, -0.25) is 4.99 Å². The average molecular weight is 205 g/mol. The molecule has 0 bridgehead atoms. The molecule has 0 radical (unpaired) electrons. The lowest BCUT2D eigenvalue weighted by atomic mass is 10.1. The number of benzene rings is 1. The number of hydrogen-bond donors (Lipinski definition) is 0. The van der Waals surface area contributed by atoms with Crippen molar-refractivity contribution in [1.29, 1.82) is 0 Å². The Morgan fingerprint density at radius 2 is 2.00 bits per heavy atom. The summed E-state index contributed by atoms with van der Waals surface area (Å²) in [6.07, 6.45) is 3.12. The first-order valence-electron chi connectivity index (χ1n) is 4.92. The summed E-state index contributed by atoms with van der Waals surface area (Å²) in [7, 11) is 0. The van der Waals surface area contributed by atoms with Gasteiger partial charge in [0.1, 0.15) is 0 Å². The van der Waals surface area contributed by atoms with Crippen molar-refractivity contribution in [2.24, 2.45) is 4.99 Å². The van der Waals surface area contributed by atoms with Crippen LogP contribution in [-0.4, -0.2) is 16.3 Å². The van der Waals surface area contributed by atoms with Crippen LogP contribution in [0.4, 0.5) is 0 Å². The maximum atomic E-state index is 4.52. The minimum absolute atomic E-state index is 0.222. The molecular weight excluding hydrogens is 190 g/mol. The minimum Gasteiger partial charge on any atom is -0.282 e. The van der Waals surface area contributed by atoms with Gasteiger partial charge in [-0.1, -0.05) is 30.3 Å². The maximum Gasteiger partial charge on any atom is 0.0997 e. The van der Waals surface area contributed by atoms with Gasteiger partial charge in [-0.05, 0) is 19.4 Å². The van der Waals surface area contributed by atoms with Gasteiger partial charge >= 0.3 is 0 Å². The molecule has 0 amide bonds. The number of hydrogen-bond acceptors (Lipinski definition) is 2. The lowest BCUT2D eigenvalue weighted by Crippen LogP contribution is -2.13. The monoisotopic (exact) mass is 205 g/mol. The van der Waals surface area contributed by atoms with Gasteiger partial charge in [0, 0.05) is 17.4 Å². The first-order chi connectivity index (χ1) is 6.66. The molecule has 2 heteroatoms. The van der Waals surface area contributed by atoms with E-state index in [0.29, 0.717) is 5.37 Å². The highest BCUT2D eigenvalue weighted by Crippen LogP contribution is 2.34. The van der Waals surface area contributed by atoms with Gasteiger partial charge < -0.3 is 0 Å². The van der Waals surface area contributed by atoms with Crippen molar-refractivity contribution in [3.05, 3.63) is 35.9 Å². The van der Waals surface area contributed by atoms with Crippen molar-refractivity contribution in [2.45, 2.75) is 30.4 Å². The van der Waals surface area contributed by atoms with Gasteiger partial charge in [0.15, 0.2) is 0 Å². The molecule has 1 atom stereocenters. The van der Waals surface area contributed by atoms with Crippen LogP contribution in [0, 0.1) is 0 Å². The van der Waals surface area contributed by atoms with Crippen LogP contribution in [0.15, 0.2) is 35.3 Å². The van der Waals surface area contributed by atoms with Crippen molar-refractivity contribution in [2.75, 3.05) is 0 Å². The molecular formula is C12H15NS. The van der Waals surface area contributed by atoms with E-state index in [9.17, 15) is 0 Å². The van der Waals surface area contributed by atoms with Crippen molar-refractivity contribution >= 4 is 18.0 Å². The molecule has 1 aliphatic rings. The van der Waals surface area contributed by atoms with Crippen LogP contribution in [0.1, 0.15) is 19.4 Å². The van der Waals surface area contributed by atoms with E-state index in [2.05, 4.69) is 55.4 Å². The predicted molar refractivity (Wildman–Crippen MR) is 64.1 cm³/mol. The highest BCUT2D eigenvalue weighted by atomic mass is 32.2. The summed E-state index contributed by atoms with van der Waals surface area (Å²) in [5.41, 5.74) is 1.37. The molecule has 0 aromatic heterocycles.